The maximum atomic E-state index is 13.2. The van der Waals surface area contributed by atoms with Crippen molar-refractivity contribution < 1.29 is 19.0 Å². The monoisotopic (exact) mass is 496 g/mol. The number of piperidine rings is 1. The first-order valence-corrected chi connectivity index (χ1v) is 12.2. The first-order valence-electron chi connectivity index (χ1n) is 11.4. The van der Waals surface area contributed by atoms with Crippen molar-refractivity contribution >= 4 is 27.6 Å². The Balaban J connectivity index is 2.03. The summed E-state index contributed by atoms with van der Waals surface area (Å²) in [6, 6.07) is 0. The van der Waals surface area contributed by atoms with E-state index < -0.39 is 11.7 Å². The van der Waals surface area contributed by atoms with E-state index in [1.54, 1.807) is 0 Å². The van der Waals surface area contributed by atoms with Crippen molar-refractivity contribution in [3.8, 4) is 0 Å². The van der Waals surface area contributed by atoms with Gasteiger partial charge in [0.05, 0.1) is 33.2 Å². The molecule has 0 saturated carbocycles. The predicted molar refractivity (Wildman–Crippen MR) is 126 cm³/mol. The number of hydrogen-bond acceptors (Lipinski definition) is 6. The van der Waals surface area contributed by atoms with Crippen LogP contribution >= 0.6 is 15.9 Å². The third-order valence-electron chi connectivity index (χ3n) is 5.98. The number of aryl methyl sites for hydroxylation is 2. The van der Waals surface area contributed by atoms with Crippen LogP contribution in [0.5, 0.6) is 0 Å². The summed E-state index contributed by atoms with van der Waals surface area (Å²) in [7, 11) is 0. The number of rotatable bonds is 5. The van der Waals surface area contributed by atoms with Gasteiger partial charge in [0.1, 0.15) is 0 Å². The molecule has 2 fully saturated rings. The van der Waals surface area contributed by atoms with Gasteiger partial charge in [0.15, 0.2) is 6.10 Å². The van der Waals surface area contributed by atoms with Crippen molar-refractivity contribution in [1.82, 2.24) is 4.98 Å². The smallest absolute Gasteiger partial charge is 0.340 e. The number of nitrogens with zero attached hydrogens (tertiary/aromatic N) is 2. The minimum atomic E-state index is -0.847. The van der Waals surface area contributed by atoms with E-state index in [-0.39, 0.29) is 17.7 Å². The van der Waals surface area contributed by atoms with E-state index in [0.29, 0.717) is 0 Å². The molecule has 3 rings (SSSR count). The van der Waals surface area contributed by atoms with E-state index in [0.717, 1.165) is 72.5 Å². The van der Waals surface area contributed by atoms with Crippen molar-refractivity contribution in [2.45, 2.75) is 97.6 Å². The molecule has 7 heteroatoms. The molecule has 2 aliphatic heterocycles. The molecule has 1 aromatic rings. The zero-order chi connectivity index (χ0) is 23.0. The number of pyridine rings is 1. The van der Waals surface area contributed by atoms with Crippen LogP contribution in [0.15, 0.2) is 4.47 Å². The first kappa shape index (κ1) is 24.5. The van der Waals surface area contributed by atoms with Gasteiger partial charge in [-0.05, 0) is 90.1 Å². The molecular formula is C24H37BrN2O4. The Kier molecular flexibility index (Phi) is 7.38. The highest BCUT2D eigenvalue weighted by Gasteiger charge is 2.41. The van der Waals surface area contributed by atoms with Gasteiger partial charge in [0, 0.05) is 31.0 Å². The Morgan fingerprint density at radius 2 is 1.81 bits per heavy atom. The SMILES string of the molecule is Cc1nc(C)c(C(OC(C)(C)C)C(=O)OC(C)C)c(N2CCC3(CCCO3)CC2)c1Br. The van der Waals surface area contributed by atoms with Crippen molar-refractivity contribution in [2.24, 2.45) is 0 Å². The van der Waals surface area contributed by atoms with Crippen LogP contribution < -0.4 is 4.90 Å². The summed E-state index contributed by atoms with van der Waals surface area (Å²) < 4.78 is 18.9. The van der Waals surface area contributed by atoms with Crippen LogP contribution in [0.3, 0.4) is 0 Å². The topological polar surface area (TPSA) is 60.9 Å². The molecule has 31 heavy (non-hydrogen) atoms. The standard InChI is InChI=1S/C24H37BrN2O4/c1-15(2)30-22(28)21(31-23(5,6)7)18-16(3)26-17(4)19(25)20(18)27-12-10-24(11-13-27)9-8-14-29-24/h15,21H,8-14H2,1-7H3. The first-order chi connectivity index (χ1) is 14.4. The fraction of sp³-hybridized carbons (Fsp3) is 0.750. The molecule has 1 spiro atoms. The van der Waals surface area contributed by atoms with Crippen LogP contribution in [0.25, 0.3) is 0 Å². The lowest BCUT2D eigenvalue weighted by molar-refractivity contribution is -0.171. The second-order valence-corrected chi connectivity index (χ2v) is 10.9. The maximum absolute atomic E-state index is 13.2. The quantitative estimate of drug-likeness (QED) is 0.507. The Morgan fingerprint density at radius 3 is 2.32 bits per heavy atom. The van der Waals surface area contributed by atoms with Gasteiger partial charge in [0.25, 0.3) is 0 Å². The lowest BCUT2D eigenvalue weighted by Crippen LogP contribution is -2.45. The van der Waals surface area contributed by atoms with E-state index in [1.165, 1.54) is 0 Å². The van der Waals surface area contributed by atoms with Crippen LogP contribution in [0.1, 0.15) is 83.4 Å². The summed E-state index contributed by atoms with van der Waals surface area (Å²) in [4.78, 5) is 20.3. The third kappa shape index (κ3) is 5.60. The molecule has 3 heterocycles. The zero-order valence-electron chi connectivity index (χ0n) is 20.0. The number of carbonyl (C=O) groups is 1. The van der Waals surface area contributed by atoms with Crippen LogP contribution in [-0.2, 0) is 19.0 Å². The van der Waals surface area contributed by atoms with E-state index in [2.05, 4.69) is 20.8 Å². The molecule has 1 aromatic heterocycles. The van der Waals surface area contributed by atoms with Gasteiger partial charge in [-0.1, -0.05) is 0 Å². The van der Waals surface area contributed by atoms with Crippen molar-refractivity contribution in [2.75, 3.05) is 24.6 Å². The molecule has 2 aliphatic rings. The van der Waals surface area contributed by atoms with Crippen molar-refractivity contribution in [3.05, 3.63) is 21.4 Å². The van der Waals surface area contributed by atoms with Gasteiger partial charge in [-0.15, -0.1) is 0 Å². The van der Waals surface area contributed by atoms with Gasteiger partial charge in [-0.3, -0.25) is 4.98 Å². The highest BCUT2D eigenvalue weighted by atomic mass is 79.9. The summed E-state index contributed by atoms with van der Waals surface area (Å²) in [6.45, 7) is 16.1. The van der Waals surface area contributed by atoms with Crippen LogP contribution in [-0.4, -0.2) is 48.0 Å². The number of ether oxygens (including phenoxy) is 3. The number of carbonyl (C=O) groups excluding carboxylic acids is 1. The lowest BCUT2D eigenvalue weighted by Gasteiger charge is -2.41. The molecule has 6 nitrogen and oxygen atoms in total. The molecule has 0 radical (unpaired) electrons. The van der Waals surface area contributed by atoms with Gasteiger partial charge in [-0.2, -0.15) is 0 Å². The summed E-state index contributed by atoms with van der Waals surface area (Å²) in [6.07, 6.45) is 3.19. The number of esters is 1. The van der Waals surface area contributed by atoms with Gasteiger partial charge in [0.2, 0.25) is 0 Å². The van der Waals surface area contributed by atoms with Gasteiger partial charge in [-0.25, -0.2) is 4.79 Å². The Bertz CT molecular complexity index is 803. The molecule has 0 amide bonds. The van der Waals surface area contributed by atoms with Gasteiger partial charge >= 0.3 is 5.97 Å². The minimum Gasteiger partial charge on any atom is -0.461 e. The van der Waals surface area contributed by atoms with E-state index in [9.17, 15) is 4.79 Å². The van der Waals surface area contributed by atoms with E-state index >= 15 is 0 Å². The largest absolute Gasteiger partial charge is 0.461 e. The summed E-state index contributed by atoms with van der Waals surface area (Å²) in [5, 5.41) is 0. The van der Waals surface area contributed by atoms with E-state index in [4.69, 9.17) is 19.2 Å². The van der Waals surface area contributed by atoms with Crippen LogP contribution in [0.4, 0.5) is 5.69 Å². The molecule has 1 atom stereocenters. The average Bonchev–Trinajstić information content (AvgIpc) is 3.10. The molecule has 1 unspecified atom stereocenters. The Morgan fingerprint density at radius 1 is 1.16 bits per heavy atom. The molecule has 174 valence electrons. The molecule has 2 saturated heterocycles. The fourth-order valence-corrected chi connectivity index (χ4v) is 5.16. The third-order valence-corrected chi connectivity index (χ3v) is 6.93. The summed E-state index contributed by atoms with van der Waals surface area (Å²) >= 11 is 3.78. The molecule has 0 bridgehead atoms. The predicted octanol–water partition coefficient (Wildman–Crippen LogP) is 5.42. The molecular weight excluding hydrogens is 460 g/mol. The summed E-state index contributed by atoms with van der Waals surface area (Å²) in [5.41, 5.74) is 2.99. The van der Waals surface area contributed by atoms with Crippen molar-refractivity contribution in [3.63, 3.8) is 0 Å². The Hall–Kier alpha value is -1.18. The number of aromatic nitrogens is 1. The Labute approximate surface area is 195 Å². The second kappa shape index (κ2) is 9.36. The summed E-state index contributed by atoms with van der Waals surface area (Å²) in [5.74, 6) is -0.376. The highest BCUT2D eigenvalue weighted by molar-refractivity contribution is 9.10. The minimum absolute atomic E-state index is 0.0259. The van der Waals surface area contributed by atoms with Gasteiger partial charge < -0.3 is 19.1 Å². The van der Waals surface area contributed by atoms with E-state index in [1.807, 2.05) is 48.5 Å². The highest BCUT2D eigenvalue weighted by Crippen LogP contribution is 2.44. The maximum Gasteiger partial charge on any atom is 0.340 e. The number of anilines is 1. The lowest BCUT2D eigenvalue weighted by atomic mass is 9.88. The zero-order valence-corrected chi connectivity index (χ0v) is 21.6. The van der Waals surface area contributed by atoms with Crippen LogP contribution in [0, 0.1) is 13.8 Å². The number of hydrogen-bond donors (Lipinski definition) is 0. The molecule has 0 aliphatic carbocycles. The average molecular weight is 497 g/mol. The molecule has 0 aromatic carbocycles. The normalized spacial score (nSPS) is 19.8. The second-order valence-electron chi connectivity index (χ2n) is 10.1. The molecule has 0 N–H and O–H groups in total. The van der Waals surface area contributed by atoms with Crippen LogP contribution in [0.2, 0.25) is 0 Å². The fourth-order valence-electron chi connectivity index (χ4n) is 4.60. The number of halogens is 1. The van der Waals surface area contributed by atoms with Crippen molar-refractivity contribution in [1.29, 1.82) is 0 Å².